The number of halogens is 2. The highest BCUT2D eigenvalue weighted by Gasteiger charge is 2.41. The molecule has 1 aliphatic heterocycles. The van der Waals surface area contributed by atoms with Crippen molar-refractivity contribution >= 4 is 62.5 Å². The molecule has 0 saturated carbocycles. The summed E-state index contributed by atoms with van der Waals surface area (Å²) in [5.74, 6) is -0.253. The van der Waals surface area contributed by atoms with Crippen molar-refractivity contribution in [3.8, 4) is 11.3 Å². The normalized spacial score (nSPS) is 16.9. The summed E-state index contributed by atoms with van der Waals surface area (Å²) in [4.78, 5) is 37.3. The van der Waals surface area contributed by atoms with Gasteiger partial charge in [0.1, 0.15) is 17.6 Å². The molecule has 0 radical (unpaired) electrons. The summed E-state index contributed by atoms with van der Waals surface area (Å²) in [6.45, 7) is 1.44. The van der Waals surface area contributed by atoms with Crippen LogP contribution in [-0.2, 0) is 14.3 Å². The molecule has 1 aromatic carbocycles. The number of esters is 1. The van der Waals surface area contributed by atoms with Crippen molar-refractivity contribution in [1.29, 1.82) is 0 Å². The first-order valence-corrected chi connectivity index (χ1v) is 9.70. The molecule has 0 aliphatic carbocycles. The predicted molar refractivity (Wildman–Crippen MR) is 106 cm³/mol. The molecular weight excluding hydrogens is 458 g/mol. The highest BCUT2D eigenvalue weighted by Crippen LogP contribution is 2.35. The number of hydrogen-bond donors (Lipinski definition) is 0. The van der Waals surface area contributed by atoms with E-state index in [1.54, 1.807) is 24.3 Å². The third-order valence-electron chi connectivity index (χ3n) is 3.86. The van der Waals surface area contributed by atoms with Gasteiger partial charge >= 0.3 is 5.97 Å². The van der Waals surface area contributed by atoms with E-state index in [-0.39, 0.29) is 4.91 Å². The average molecular weight is 471 g/mol. The Kier molecular flexibility index (Phi) is 5.78. The van der Waals surface area contributed by atoms with Gasteiger partial charge in [0.15, 0.2) is 0 Å². The van der Waals surface area contributed by atoms with Gasteiger partial charge in [-0.1, -0.05) is 17.7 Å². The molecule has 1 atom stereocenters. The molecule has 0 unspecified atom stereocenters. The Morgan fingerprint density at radius 3 is 2.74 bits per heavy atom. The molecule has 0 bridgehead atoms. The summed E-state index contributed by atoms with van der Waals surface area (Å²) in [6, 6.07) is 7.82. The second-order valence-electron chi connectivity index (χ2n) is 5.58. The lowest BCUT2D eigenvalue weighted by Crippen LogP contribution is -2.42. The number of methoxy groups -OCH3 is 1. The number of furan rings is 1. The quantitative estimate of drug-likeness (QED) is 0.464. The van der Waals surface area contributed by atoms with Crippen LogP contribution in [0, 0.1) is 0 Å². The molecule has 3 rings (SSSR count). The van der Waals surface area contributed by atoms with Crippen molar-refractivity contribution in [2.45, 2.75) is 13.0 Å². The molecule has 9 heteroatoms. The van der Waals surface area contributed by atoms with Crippen molar-refractivity contribution in [3.05, 3.63) is 50.5 Å². The highest BCUT2D eigenvalue weighted by atomic mass is 79.9. The largest absolute Gasteiger partial charge is 0.467 e. The summed E-state index contributed by atoms with van der Waals surface area (Å²) in [5.41, 5.74) is 0.773. The van der Waals surface area contributed by atoms with Crippen LogP contribution in [0.25, 0.3) is 17.4 Å². The molecule has 6 nitrogen and oxygen atoms in total. The van der Waals surface area contributed by atoms with Crippen molar-refractivity contribution < 1.29 is 23.5 Å². The number of ether oxygens (including phenoxy) is 1. The number of carbonyl (C=O) groups excluding carboxylic acids is 3. The molecule has 140 valence electrons. The summed E-state index contributed by atoms with van der Waals surface area (Å²) in [7, 11) is 1.20. The van der Waals surface area contributed by atoms with Crippen molar-refractivity contribution in [3.63, 3.8) is 0 Å². The monoisotopic (exact) mass is 469 g/mol. The predicted octanol–water partition coefficient (Wildman–Crippen LogP) is 4.96. The van der Waals surface area contributed by atoms with E-state index in [0.29, 0.717) is 16.5 Å². The fourth-order valence-corrected chi connectivity index (χ4v) is 3.77. The fraction of sp³-hybridized carbons (Fsp3) is 0.167. The van der Waals surface area contributed by atoms with Gasteiger partial charge < -0.3 is 9.15 Å². The zero-order chi connectivity index (χ0) is 19.7. The second-order valence-corrected chi connectivity index (χ2v) is 7.84. The molecule has 2 heterocycles. The lowest BCUT2D eigenvalue weighted by molar-refractivity contribution is -0.148. The molecule has 1 saturated heterocycles. The molecule has 2 amide bonds. The molecule has 1 aliphatic rings. The van der Waals surface area contributed by atoms with Gasteiger partial charge in [-0.3, -0.25) is 14.5 Å². The zero-order valence-corrected chi connectivity index (χ0v) is 17.4. The van der Waals surface area contributed by atoms with E-state index >= 15 is 0 Å². The van der Waals surface area contributed by atoms with E-state index < -0.39 is 23.2 Å². The summed E-state index contributed by atoms with van der Waals surface area (Å²) in [5, 5.41) is 0.0130. The van der Waals surface area contributed by atoms with Crippen LogP contribution in [0.1, 0.15) is 12.7 Å². The van der Waals surface area contributed by atoms with Gasteiger partial charge in [0, 0.05) is 16.1 Å². The van der Waals surface area contributed by atoms with Crippen LogP contribution < -0.4 is 0 Å². The van der Waals surface area contributed by atoms with Crippen LogP contribution in [0.15, 0.2) is 44.1 Å². The molecule has 1 aromatic heterocycles. The Bertz CT molecular complexity index is 970. The van der Waals surface area contributed by atoms with Crippen LogP contribution in [0.3, 0.4) is 0 Å². The fourth-order valence-electron chi connectivity index (χ4n) is 2.45. The van der Waals surface area contributed by atoms with Crippen molar-refractivity contribution in [2.75, 3.05) is 7.11 Å². The smallest absolute Gasteiger partial charge is 0.328 e. The van der Waals surface area contributed by atoms with Gasteiger partial charge in [-0.25, -0.2) is 4.79 Å². The Balaban J connectivity index is 1.84. The molecule has 0 N–H and O–H groups in total. The maximum absolute atomic E-state index is 12.5. The highest BCUT2D eigenvalue weighted by molar-refractivity contribution is 9.10. The molecule has 0 spiro atoms. The molecular formula is C18H13BrClNO5S. The van der Waals surface area contributed by atoms with E-state index in [1.165, 1.54) is 20.1 Å². The summed E-state index contributed by atoms with van der Waals surface area (Å²) < 4.78 is 11.1. The van der Waals surface area contributed by atoms with Crippen LogP contribution in [0.2, 0.25) is 5.02 Å². The van der Waals surface area contributed by atoms with Crippen molar-refractivity contribution in [2.24, 2.45) is 0 Å². The topological polar surface area (TPSA) is 76.8 Å². The maximum atomic E-state index is 12.5. The van der Waals surface area contributed by atoms with E-state index in [1.807, 2.05) is 6.07 Å². The van der Waals surface area contributed by atoms with Crippen LogP contribution in [0.5, 0.6) is 0 Å². The number of amides is 2. The minimum Gasteiger partial charge on any atom is -0.467 e. The Morgan fingerprint density at radius 1 is 1.33 bits per heavy atom. The van der Waals surface area contributed by atoms with Crippen LogP contribution in [-0.4, -0.2) is 35.2 Å². The van der Waals surface area contributed by atoms with E-state index in [0.717, 1.165) is 26.7 Å². The van der Waals surface area contributed by atoms with Crippen molar-refractivity contribution in [1.82, 2.24) is 4.90 Å². The third-order valence-corrected chi connectivity index (χ3v) is 5.97. The van der Waals surface area contributed by atoms with Gasteiger partial charge in [0.05, 0.1) is 17.0 Å². The first-order chi connectivity index (χ1) is 12.8. The third kappa shape index (κ3) is 3.97. The first-order valence-electron chi connectivity index (χ1n) is 7.72. The van der Waals surface area contributed by atoms with Gasteiger partial charge in [-0.05, 0) is 58.9 Å². The maximum Gasteiger partial charge on any atom is 0.328 e. The number of rotatable bonds is 4. The minimum atomic E-state index is -0.995. The van der Waals surface area contributed by atoms with Gasteiger partial charge in [-0.15, -0.1) is 0 Å². The molecule has 27 heavy (non-hydrogen) atoms. The lowest BCUT2D eigenvalue weighted by Gasteiger charge is -2.18. The SMILES string of the molecule is COC(=O)[C@H](C)N1C(=O)S/C(=C/c2ccc(-c3ccc(Br)c(Cl)c3)o2)C1=O. The standard InChI is InChI=1S/C18H13BrClNO5S/c1-9(17(23)25-2)21-16(22)15(27-18(21)24)8-11-4-6-14(26-11)10-3-5-12(19)13(20)7-10/h3-9H,1-2H3/b15-8+/t9-/m0/s1. The number of imide groups is 1. The Hall–Kier alpha value is -2.03. The second kappa shape index (κ2) is 7.92. The summed E-state index contributed by atoms with van der Waals surface area (Å²) in [6.07, 6.45) is 1.47. The van der Waals surface area contributed by atoms with E-state index in [2.05, 4.69) is 20.7 Å². The lowest BCUT2D eigenvalue weighted by atomic mass is 10.2. The Labute approximate surface area is 172 Å². The van der Waals surface area contributed by atoms with E-state index in [4.69, 9.17) is 16.0 Å². The minimum absolute atomic E-state index is 0.172. The summed E-state index contributed by atoms with van der Waals surface area (Å²) >= 11 is 10.2. The average Bonchev–Trinajstić information content (AvgIpc) is 3.21. The number of benzene rings is 1. The number of carbonyl (C=O) groups is 3. The molecule has 1 fully saturated rings. The number of nitrogens with zero attached hydrogens (tertiary/aromatic N) is 1. The molecule has 2 aromatic rings. The number of hydrogen-bond acceptors (Lipinski definition) is 6. The van der Waals surface area contributed by atoms with E-state index in [9.17, 15) is 14.4 Å². The van der Waals surface area contributed by atoms with Gasteiger partial charge in [-0.2, -0.15) is 0 Å². The van der Waals surface area contributed by atoms with Crippen LogP contribution >= 0.6 is 39.3 Å². The van der Waals surface area contributed by atoms with Gasteiger partial charge in [0.25, 0.3) is 11.1 Å². The Morgan fingerprint density at radius 2 is 2.07 bits per heavy atom. The zero-order valence-electron chi connectivity index (χ0n) is 14.2. The number of thioether (sulfide) groups is 1. The first kappa shape index (κ1) is 19.7. The van der Waals surface area contributed by atoms with Crippen LogP contribution in [0.4, 0.5) is 4.79 Å². The van der Waals surface area contributed by atoms with Gasteiger partial charge in [0.2, 0.25) is 0 Å².